The molecule has 0 aromatic carbocycles. The molecule has 0 aliphatic carbocycles. The van der Waals surface area contributed by atoms with Crippen LogP contribution in [0, 0.1) is 0 Å². The molecular formula is C20H46Cl2N2O. The highest BCUT2D eigenvalue weighted by molar-refractivity contribution is 5.85. The predicted molar refractivity (Wildman–Crippen MR) is 110 cm³/mol. The molecule has 0 saturated heterocycles. The van der Waals surface area contributed by atoms with Crippen LogP contribution in [0.4, 0.5) is 0 Å². The Bertz CT molecular complexity index is 248. The van der Waals surface area contributed by atoms with Crippen molar-refractivity contribution in [3.8, 4) is 0 Å². The molecule has 1 atom stereocenters. The van der Waals surface area contributed by atoms with Gasteiger partial charge >= 0.3 is 0 Å². The molecule has 156 valence electrons. The summed E-state index contributed by atoms with van der Waals surface area (Å²) in [5.74, 6) is 0. The van der Waals surface area contributed by atoms with Gasteiger partial charge in [0.2, 0.25) is 0 Å². The third kappa shape index (κ3) is 26.8. The van der Waals surface area contributed by atoms with Crippen LogP contribution in [0.5, 0.6) is 0 Å². The van der Waals surface area contributed by atoms with E-state index in [1.165, 1.54) is 77.0 Å². The highest BCUT2D eigenvalue weighted by Gasteiger charge is 2.14. The minimum atomic E-state index is -0.229. The monoisotopic (exact) mass is 400 g/mol. The number of hydrogen-bond donors (Lipinski definition) is 2. The smallest absolute Gasteiger partial charge is 0.115 e. The fraction of sp³-hybridized carbons (Fsp3) is 1.00. The highest BCUT2D eigenvalue weighted by atomic mass is 35.5. The topological polar surface area (TPSA) is 32.3 Å². The molecule has 0 bridgehead atoms. The van der Waals surface area contributed by atoms with E-state index in [0.29, 0.717) is 0 Å². The molecule has 25 heavy (non-hydrogen) atoms. The number of hydrogen-bond acceptors (Lipinski definition) is 2. The molecule has 0 fully saturated rings. The van der Waals surface area contributed by atoms with Gasteiger partial charge in [0.15, 0.2) is 0 Å². The first-order valence-electron chi connectivity index (χ1n) is 10.1. The Labute approximate surface area is 170 Å². The number of unbranched alkanes of at least 4 members (excludes halogenated alkanes) is 11. The molecule has 0 aromatic rings. The Morgan fingerprint density at radius 2 is 1.16 bits per heavy atom. The van der Waals surface area contributed by atoms with Gasteiger partial charge in [-0.1, -0.05) is 77.6 Å². The largest absolute Gasteiger partial charge is 1.00 e. The molecule has 0 heterocycles. The summed E-state index contributed by atoms with van der Waals surface area (Å²) in [6.07, 6.45) is 16.5. The second-order valence-electron chi connectivity index (χ2n) is 8.22. The maximum absolute atomic E-state index is 9.90. The van der Waals surface area contributed by atoms with Crippen LogP contribution in [-0.4, -0.2) is 56.5 Å². The third-order valence-corrected chi connectivity index (χ3v) is 4.35. The molecule has 0 aromatic heterocycles. The lowest BCUT2D eigenvalue weighted by Crippen LogP contribution is -3.00. The molecule has 0 aliphatic heterocycles. The molecule has 3 nitrogen and oxygen atoms in total. The van der Waals surface area contributed by atoms with Gasteiger partial charge in [-0.3, -0.25) is 0 Å². The van der Waals surface area contributed by atoms with Crippen molar-refractivity contribution >= 4 is 12.4 Å². The minimum Gasteiger partial charge on any atom is -1.00 e. The number of quaternary nitrogens is 1. The lowest BCUT2D eigenvalue weighted by Gasteiger charge is -2.26. The van der Waals surface area contributed by atoms with Crippen molar-refractivity contribution in [1.29, 1.82) is 0 Å². The lowest BCUT2D eigenvalue weighted by molar-refractivity contribution is -0.873. The molecule has 0 rings (SSSR count). The summed E-state index contributed by atoms with van der Waals surface area (Å²) in [5.41, 5.74) is 0. The summed E-state index contributed by atoms with van der Waals surface area (Å²) in [6, 6.07) is 0. The van der Waals surface area contributed by atoms with Gasteiger partial charge in [0.1, 0.15) is 12.6 Å². The van der Waals surface area contributed by atoms with Crippen molar-refractivity contribution in [2.24, 2.45) is 0 Å². The molecule has 0 aliphatic rings. The van der Waals surface area contributed by atoms with Gasteiger partial charge in [-0.05, 0) is 13.0 Å². The number of nitrogens with one attached hydrogen (secondary N) is 1. The first-order valence-corrected chi connectivity index (χ1v) is 10.1. The summed E-state index contributed by atoms with van der Waals surface area (Å²) in [4.78, 5) is 0. The van der Waals surface area contributed by atoms with Crippen molar-refractivity contribution in [3.63, 3.8) is 0 Å². The van der Waals surface area contributed by atoms with Gasteiger partial charge in [0, 0.05) is 6.54 Å². The Morgan fingerprint density at radius 1 is 0.760 bits per heavy atom. The molecule has 0 amide bonds. The van der Waals surface area contributed by atoms with E-state index < -0.39 is 0 Å². The average molecular weight is 402 g/mol. The molecule has 5 heteroatoms. The van der Waals surface area contributed by atoms with Crippen LogP contribution in [0.15, 0.2) is 0 Å². The SMILES string of the molecule is CCCCCCCCCCCCCCNCC(O)C[N+](C)(C)C.Cl.[Cl-]. The average Bonchev–Trinajstić information content (AvgIpc) is 2.46. The summed E-state index contributed by atoms with van der Waals surface area (Å²) >= 11 is 0. The highest BCUT2D eigenvalue weighted by Crippen LogP contribution is 2.11. The molecule has 2 N–H and O–H groups in total. The zero-order valence-corrected chi connectivity index (χ0v) is 18.9. The predicted octanol–water partition coefficient (Wildman–Crippen LogP) is 1.77. The van der Waals surface area contributed by atoms with Crippen LogP contribution in [0.25, 0.3) is 0 Å². The van der Waals surface area contributed by atoms with Crippen molar-refractivity contribution < 1.29 is 22.0 Å². The van der Waals surface area contributed by atoms with Gasteiger partial charge in [-0.15, -0.1) is 12.4 Å². The first kappa shape index (κ1) is 30.2. The van der Waals surface area contributed by atoms with E-state index in [9.17, 15) is 5.11 Å². The zero-order valence-electron chi connectivity index (χ0n) is 17.4. The Balaban J connectivity index is -0.00000242. The fourth-order valence-corrected chi connectivity index (χ4v) is 3.06. The molecule has 0 saturated carbocycles. The Morgan fingerprint density at radius 3 is 1.56 bits per heavy atom. The number of halogens is 2. The standard InChI is InChI=1S/C20H45N2O.2ClH/c1-5-6-7-8-9-10-11-12-13-14-15-16-17-21-18-20(23)19-22(2,3)4;;/h20-21,23H,5-19H2,1-4H3;2*1H/q+1;;/p-1. The third-order valence-electron chi connectivity index (χ3n) is 4.35. The van der Waals surface area contributed by atoms with E-state index in [2.05, 4.69) is 33.4 Å². The normalized spacial score (nSPS) is 12.4. The molecule has 1 unspecified atom stereocenters. The quantitative estimate of drug-likeness (QED) is 0.288. The number of aliphatic hydroxyl groups is 1. The van der Waals surface area contributed by atoms with E-state index in [4.69, 9.17) is 0 Å². The summed E-state index contributed by atoms with van der Waals surface area (Å²) in [5, 5.41) is 13.3. The van der Waals surface area contributed by atoms with Crippen LogP contribution in [-0.2, 0) is 0 Å². The van der Waals surface area contributed by atoms with Gasteiger partial charge < -0.3 is 27.3 Å². The van der Waals surface area contributed by atoms with E-state index in [0.717, 1.165) is 24.1 Å². The van der Waals surface area contributed by atoms with Gasteiger partial charge in [0.25, 0.3) is 0 Å². The van der Waals surface area contributed by atoms with Crippen molar-refractivity contribution in [2.75, 3.05) is 40.8 Å². The van der Waals surface area contributed by atoms with Crippen LogP contribution >= 0.6 is 12.4 Å². The lowest BCUT2D eigenvalue weighted by atomic mass is 10.1. The second kappa shape index (κ2) is 20.8. The number of likely N-dealkylation sites (N-methyl/N-ethyl adjacent to an activating group) is 1. The summed E-state index contributed by atoms with van der Waals surface area (Å²) < 4.78 is 0.821. The molecule has 0 radical (unpaired) electrons. The first-order chi connectivity index (χ1) is 11.0. The van der Waals surface area contributed by atoms with E-state index in [1.807, 2.05) is 0 Å². The second-order valence-corrected chi connectivity index (χ2v) is 8.22. The van der Waals surface area contributed by atoms with Crippen LogP contribution < -0.4 is 17.7 Å². The number of aliphatic hydroxyl groups excluding tert-OH is 1. The zero-order chi connectivity index (χ0) is 17.4. The number of rotatable bonds is 17. The molecular weight excluding hydrogens is 355 g/mol. The van der Waals surface area contributed by atoms with E-state index in [1.54, 1.807) is 0 Å². The Hall–Kier alpha value is 0.460. The maximum atomic E-state index is 9.90. The van der Waals surface area contributed by atoms with Crippen LogP contribution in [0.3, 0.4) is 0 Å². The Kier molecular flexibility index (Phi) is 25.1. The summed E-state index contributed by atoms with van der Waals surface area (Å²) in [6.45, 7) is 4.87. The van der Waals surface area contributed by atoms with Crippen LogP contribution in [0.2, 0.25) is 0 Å². The van der Waals surface area contributed by atoms with Gasteiger partial charge in [-0.25, -0.2) is 0 Å². The number of nitrogens with zero attached hydrogens (tertiary/aromatic N) is 1. The van der Waals surface area contributed by atoms with Gasteiger partial charge in [-0.2, -0.15) is 0 Å². The van der Waals surface area contributed by atoms with E-state index in [-0.39, 0.29) is 30.9 Å². The van der Waals surface area contributed by atoms with Crippen LogP contribution in [0.1, 0.15) is 84.0 Å². The fourth-order valence-electron chi connectivity index (χ4n) is 3.06. The minimum absolute atomic E-state index is 0. The van der Waals surface area contributed by atoms with Crippen molar-refractivity contribution in [2.45, 2.75) is 90.1 Å². The summed E-state index contributed by atoms with van der Waals surface area (Å²) in [7, 11) is 6.36. The van der Waals surface area contributed by atoms with E-state index >= 15 is 0 Å². The molecule has 0 spiro atoms. The van der Waals surface area contributed by atoms with Crippen molar-refractivity contribution in [3.05, 3.63) is 0 Å². The maximum Gasteiger partial charge on any atom is 0.115 e. The van der Waals surface area contributed by atoms with Gasteiger partial charge in [0.05, 0.1) is 21.1 Å². The van der Waals surface area contributed by atoms with Crippen molar-refractivity contribution in [1.82, 2.24) is 5.32 Å².